The molecule has 0 spiro atoms. The molecule has 3 N–H and O–H groups in total. The van der Waals surface area contributed by atoms with Gasteiger partial charge >= 0.3 is 5.69 Å². The van der Waals surface area contributed by atoms with E-state index in [1.165, 1.54) is 22.5 Å². The lowest BCUT2D eigenvalue weighted by atomic mass is 10.2. The Morgan fingerprint density at radius 2 is 2.26 bits per heavy atom. The molecule has 1 aromatic heterocycles. The fourth-order valence-corrected chi connectivity index (χ4v) is 3.65. The third-order valence-corrected chi connectivity index (χ3v) is 4.84. The summed E-state index contributed by atoms with van der Waals surface area (Å²) in [4.78, 5) is 25.6. The Bertz CT molecular complexity index is 558. The van der Waals surface area contributed by atoms with Crippen molar-refractivity contribution in [3.8, 4) is 0 Å². The maximum absolute atomic E-state index is 11.8. The number of aromatic nitrogens is 2. The van der Waals surface area contributed by atoms with Crippen molar-refractivity contribution in [2.45, 2.75) is 29.6 Å². The molecule has 1 fully saturated rings. The molecule has 2 heterocycles. The minimum absolute atomic E-state index is 0.144. The van der Waals surface area contributed by atoms with Crippen LogP contribution in [0.15, 0.2) is 15.8 Å². The van der Waals surface area contributed by atoms with Gasteiger partial charge in [-0.2, -0.15) is 0 Å². The first-order valence-electron chi connectivity index (χ1n) is 5.91. The Morgan fingerprint density at radius 1 is 1.53 bits per heavy atom. The van der Waals surface area contributed by atoms with Crippen LogP contribution in [-0.4, -0.2) is 43.6 Å². The maximum atomic E-state index is 11.8. The van der Waals surface area contributed by atoms with E-state index in [0.29, 0.717) is 24.3 Å². The number of alkyl halides is 1. The highest BCUT2D eigenvalue weighted by Gasteiger charge is 2.34. The number of aryl methyl sites for hydroxylation is 1. The zero-order valence-corrected chi connectivity index (χ0v) is 11.7. The number of aliphatic hydroxyl groups excluding tert-OH is 2. The molecule has 0 aromatic carbocycles. The fraction of sp³-hybridized carbons (Fsp3) is 0.636. The molecule has 19 heavy (non-hydrogen) atoms. The molecular weight excluding hydrogens is 292 g/mol. The zero-order chi connectivity index (χ0) is 14.0. The zero-order valence-electron chi connectivity index (χ0n) is 10.1. The summed E-state index contributed by atoms with van der Waals surface area (Å²) in [6.07, 6.45) is 1.58. The molecule has 3 atom stereocenters. The second-order valence-corrected chi connectivity index (χ2v) is 6.17. The Balaban J connectivity index is 2.33. The normalized spacial score (nSPS) is 26.8. The molecule has 2 rings (SSSR count). The van der Waals surface area contributed by atoms with Crippen LogP contribution >= 0.6 is 23.4 Å². The number of aromatic amines is 1. The highest BCUT2D eigenvalue weighted by atomic mass is 35.5. The van der Waals surface area contributed by atoms with E-state index in [1.807, 2.05) is 0 Å². The minimum Gasteiger partial charge on any atom is -0.395 e. The second kappa shape index (κ2) is 6.13. The number of hydrogen-bond donors (Lipinski definition) is 3. The van der Waals surface area contributed by atoms with Crippen LogP contribution < -0.4 is 11.2 Å². The van der Waals surface area contributed by atoms with E-state index in [9.17, 15) is 14.7 Å². The Labute approximate surface area is 118 Å². The van der Waals surface area contributed by atoms with Crippen molar-refractivity contribution in [1.29, 1.82) is 0 Å². The number of H-pyrrole nitrogens is 1. The smallest absolute Gasteiger partial charge is 0.329 e. The molecule has 1 aromatic rings. The summed E-state index contributed by atoms with van der Waals surface area (Å²) in [7, 11) is 0. The molecule has 1 saturated heterocycles. The lowest BCUT2D eigenvalue weighted by Crippen LogP contribution is -2.33. The van der Waals surface area contributed by atoms with Gasteiger partial charge in [-0.25, -0.2) is 4.79 Å². The van der Waals surface area contributed by atoms with Crippen LogP contribution in [0.5, 0.6) is 0 Å². The van der Waals surface area contributed by atoms with Gasteiger partial charge in [0.05, 0.1) is 23.3 Å². The van der Waals surface area contributed by atoms with E-state index in [1.54, 1.807) is 0 Å². The van der Waals surface area contributed by atoms with Crippen LogP contribution in [0.25, 0.3) is 0 Å². The molecule has 1 aliphatic heterocycles. The number of nitrogens with zero attached hydrogens (tertiary/aromatic N) is 1. The van der Waals surface area contributed by atoms with Crippen LogP contribution in [0.4, 0.5) is 0 Å². The molecule has 106 valence electrons. The van der Waals surface area contributed by atoms with Crippen LogP contribution in [0, 0.1) is 0 Å². The van der Waals surface area contributed by atoms with Gasteiger partial charge in [-0.05, 0) is 6.42 Å². The van der Waals surface area contributed by atoms with E-state index in [-0.39, 0.29) is 17.2 Å². The summed E-state index contributed by atoms with van der Waals surface area (Å²) in [6.45, 7) is -0.144. The lowest BCUT2D eigenvalue weighted by Gasteiger charge is -2.13. The number of halogens is 1. The molecular formula is C11H15ClN2O4S. The summed E-state index contributed by atoms with van der Waals surface area (Å²) in [5.41, 5.74) is -0.493. The molecule has 0 aliphatic carbocycles. The first-order chi connectivity index (χ1) is 9.06. The molecule has 0 radical (unpaired) electrons. The summed E-state index contributed by atoms with van der Waals surface area (Å²) in [6, 6.07) is 0. The maximum Gasteiger partial charge on any atom is 0.329 e. The third-order valence-electron chi connectivity index (χ3n) is 3.10. The summed E-state index contributed by atoms with van der Waals surface area (Å²) >= 11 is 6.94. The Hall–Kier alpha value is -0.760. The Morgan fingerprint density at radius 3 is 2.84 bits per heavy atom. The first kappa shape index (κ1) is 14.6. The fourth-order valence-electron chi connectivity index (χ4n) is 2.07. The third kappa shape index (κ3) is 3.05. The number of thioether (sulfide) groups is 1. The van der Waals surface area contributed by atoms with Crippen molar-refractivity contribution in [3.05, 3.63) is 32.6 Å². The molecule has 0 bridgehead atoms. The molecule has 0 saturated carbocycles. The largest absolute Gasteiger partial charge is 0.395 e. The van der Waals surface area contributed by atoms with Gasteiger partial charge < -0.3 is 10.2 Å². The summed E-state index contributed by atoms with van der Waals surface area (Å²) < 4.78 is 1.40. The van der Waals surface area contributed by atoms with Crippen molar-refractivity contribution >= 4 is 23.4 Å². The predicted molar refractivity (Wildman–Crippen MR) is 73.9 cm³/mol. The highest BCUT2D eigenvalue weighted by Crippen LogP contribution is 2.40. The van der Waals surface area contributed by atoms with Gasteiger partial charge in [0, 0.05) is 24.1 Å². The predicted octanol–water partition coefficient (Wildman–Crippen LogP) is -0.325. The van der Waals surface area contributed by atoms with Crippen LogP contribution in [0.1, 0.15) is 17.4 Å². The van der Waals surface area contributed by atoms with Gasteiger partial charge in [0.15, 0.2) is 0 Å². The average molecular weight is 307 g/mol. The topological polar surface area (TPSA) is 95.3 Å². The van der Waals surface area contributed by atoms with E-state index in [2.05, 4.69) is 4.98 Å². The van der Waals surface area contributed by atoms with Crippen molar-refractivity contribution < 1.29 is 10.2 Å². The Kier molecular flexibility index (Phi) is 4.72. The highest BCUT2D eigenvalue weighted by molar-refractivity contribution is 8.00. The van der Waals surface area contributed by atoms with Crippen LogP contribution in [0.3, 0.4) is 0 Å². The van der Waals surface area contributed by atoms with Crippen molar-refractivity contribution in [2.24, 2.45) is 0 Å². The standard InChI is InChI=1S/C11H15ClN2O4S/c12-2-1-6-4-14(11(18)13-10(6)17)9-3-7(16)8(5-15)19-9/h4,7-9,15-16H,1-3,5H2,(H,13,17,18)/t7-,8+,9-/m0/s1. The summed E-state index contributed by atoms with van der Waals surface area (Å²) in [5.74, 6) is 0.293. The van der Waals surface area contributed by atoms with E-state index >= 15 is 0 Å². The van der Waals surface area contributed by atoms with Gasteiger partial charge in [0.1, 0.15) is 0 Å². The molecule has 0 unspecified atom stereocenters. The van der Waals surface area contributed by atoms with E-state index in [4.69, 9.17) is 16.7 Å². The van der Waals surface area contributed by atoms with Crippen LogP contribution in [0.2, 0.25) is 0 Å². The first-order valence-corrected chi connectivity index (χ1v) is 7.39. The van der Waals surface area contributed by atoms with Crippen molar-refractivity contribution in [2.75, 3.05) is 12.5 Å². The lowest BCUT2D eigenvalue weighted by molar-refractivity contribution is 0.137. The van der Waals surface area contributed by atoms with Gasteiger partial charge in [0.2, 0.25) is 0 Å². The van der Waals surface area contributed by atoms with Gasteiger partial charge in [-0.15, -0.1) is 23.4 Å². The number of hydrogen-bond acceptors (Lipinski definition) is 5. The van der Waals surface area contributed by atoms with E-state index in [0.717, 1.165) is 0 Å². The van der Waals surface area contributed by atoms with Gasteiger partial charge in [0.25, 0.3) is 5.56 Å². The summed E-state index contributed by atoms with van der Waals surface area (Å²) in [5, 5.41) is 18.3. The minimum atomic E-state index is -0.657. The molecule has 0 amide bonds. The molecule has 8 heteroatoms. The van der Waals surface area contributed by atoms with Gasteiger partial charge in [-0.3, -0.25) is 14.3 Å². The number of nitrogens with one attached hydrogen (secondary N) is 1. The molecule has 6 nitrogen and oxygen atoms in total. The van der Waals surface area contributed by atoms with Crippen molar-refractivity contribution in [1.82, 2.24) is 9.55 Å². The number of aliphatic hydroxyl groups is 2. The SMILES string of the molecule is O=c1[nH]c(=O)n([C@@H]2C[C@H](O)[C@@H](CO)S2)cc1CCCl. The van der Waals surface area contributed by atoms with E-state index < -0.39 is 17.4 Å². The average Bonchev–Trinajstić information content (AvgIpc) is 2.74. The van der Waals surface area contributed by atoms with Crippen molar-refractivity contribution in [3.63, 3.8) is 0 Å². The second-order valence-electron chi connectivity index (χ2n) is 4.37. The van der Waals surface area contributed by atoms with Gasteiger partial charge in [-0.1, -0.05) is 0 Å². The van der Waals surface area contributed by atoms with Crippen LogP contribution in [-0.2, 0) is 6.42 Å². The monoisotopic (exact) mass is 306 g/mol. The molecule has 1 aliphatic rings. The quantitative estimate of drug-likeness (QED) is 0.662. The number of rotatable bonds is 4.